The largest absolute Gasteiger partial charge is 0.147 e. The van der Waals surface area contributed by atoms with Crippen LogP contribution in [0.5, 0.6) is 0 Å². The molecule has 0 amide bonds. The predicted octanol–water partition coefficient (Wildman–Crippen LogP) is 7.75. The van der Waals surface area contributed by atoms with Crippen LogP contribution in [-0.4, -0.2) is 6.88 Å². The van der Waals surface area contributed by atoms with Crippen LogP contribution in [-0.2, 0) is 17.4 Å². The fourth-order valence-electron chi connectivity index (χ4n) is 4.76. The molecule has 0 unspecified atom stereocenters. The minimum Gasteiger partial charge on any atom is -0.147 e. The Bertz CT molecular complexity index is 648. The fraction of sp³-hybridized carbons (Fsp3) is 0.636. The quantitative estimate of drug-likeness (QED) is 0.303. The van der Waals surface area contributed by atoms with E-state index in [1.54, 1.807) is 22.3 Å². The Hall–Kier alpha value is 0.640. The average Bonchev–Trinajstić information content (AvgIpc) is 3.06. The summed E-state index contributed by atoms with van der Waals surface area (Å²) in [7, 11) is 0. The van der Waals surface area contributed by atoms with Crippen LogP contribution in [0.4, 0.5) is 0 Å². The second-order valence-electron chi connectivity index (χ2n) is 9.17. The van der Waals surface area contributed by atoms with Gasteiger partial charge in [0.25, 0.3) is 0 Å². The first kappa shape index (κ1) is 26.6. The van der Waals surface area contributed by atoms with Gasteiger partial charge < -0.3 is 0 Å². The molecule has 0 aromatic heterocycles. The molecule has 0 spiro atoms. The van der Waals surface area contributed by atoms with Gasteiger partial charge in [-0.15, -0.1) is 24.8 Å². The third-order valence-corrected chi connectivity index (χ3v) is 23.6. The van der Waals surface area contributed by atoms with E-state index in [1.165, 1.54) is 51.4 Å². The van der Waals surface area contributed by atoms with Crippen molar-refractivity contribution in [2.75, 3.05) is 0 Å². The first-order chi connectivity index (χ1) is 11.2. The fourth-order valence-corrected chi connectivity index (χ4v) is 20.9. The molecule has 26 heavy (non-hydrogen) atoms. The Labute approximate surface area is 177 Å². The number of halogens is 2. The van der Waals surface area contributed by atoms with E-state index < -0.39 is 17.4 Å². The van der Waals surface area contributed by atoms with Gasteiger partial charge in [-0.1, -0.05) is 0 Å². The second kappa shape index (κ2) is 10.4. The normalized spacial score (nSPS) is 17.8. The first-order valence-electron chi connectivity index (χ1n) is 10.0. The van der Waals surface area contributed by atoms with Gasteiger partial charge in [-0.2, -0.15) is 0 Å². The zero-order valence-electron chi connectivity index (χ0n) is 17.8. The molecule has 0 fully saturated rings. The van der Waals surface area contributed by atoms with E-state index in [0.717, 1.165) is 0 Å². The van der Waals surface area contributed by atoms with Gasteiger partial charge in [-0.3, -0.25) is 0 Å². The van der Waals surface area contributed by atoms with Crippen molar-refractivity contribution in [1.29, 1.82) is 0 Å². The molecule has 4 heteroatoms. The van der Waals surface area contributed by atoms with Gasteiger partial charge in [-0.25, -0.2) is 0 Å². The van der Waals surface area contributed by atoms with Gasteiger partial charge in [0.1, 0.15) is 0 Å². The van der Waals surface area contributed by atoms with Gasteiger partial charge >= 0.3 is 154 Å². The van der Waals surface area contributed by atoms with Crippen LogP contribution in [0.3, 0.4) is 0 Å². The molecule has 0 bridgehead atoms. The molecule has 150 valence electrons. The van der Waals surface area contributed by atoms with Crippen molar-refractivity contribution < 1.29 is 17.4 Å². The molecule has 2 aliphatic carbocycles. The number of hydrogen-bond acceptors (Lipinski definition) is 0. The molecule has 0 aromatic rings. The molecular formula is C22H40Cl2SiZr. The molecule has 0 saturated heterocycles. The van der Waals surface area contributed by atoms with Crippen LogP contribution in [0, 0.1) is 0 Å². The van der Waals surface area contributed by atoms with E-state index in [0.29, 0.717) is 0 Å². The molecule has 0 radical (unpaired) electrons. The van der Waals surface area contributed by atoms with Crippen molar-refractivity contribution in [3.63, 3.8) is 0 Å². The molecular weight excluding hydrogens is 454 g/mol. The molecule has 0 aromatic carbocycles. The Morgan fingerprint density at radius 2 is 1.15 bits per heavy atom. The van der Waals surface area contributed by atoms with Crippen molar-refractivity contribution in [2.45, 2.75) is 88.3 Å². The van der Waals surface area contributed by atoms with Gasteiger partial charge in [0.05, 0.1) is 0 Å². The first-order valence-corrected chi connectivity index (χ1v) is 23.3. The van der Waals surface area contributed by atoms with Crippen LogP contribution < -0.4 is 0 Å². The van der Waals surface area contributed by atoms with Crippen molar-refractivity contribution in [2.24, 2.45) is 0 Å². The van der Waals surface area contributed by atoms with Crippen LogP contribution in [0.1, 0.15) is 79.1 Å². The molecule has 0 nitrogen and oxygen atoms in total. The van der Waals surface area contributed by atoms with E-state index in [9.17, 15) is 0 Å². The van der Waals surface area contributed by atoms with E-state index in [4.69, 9.17) is 0 Å². The van der Waals surface area contributed by atoms with Crippen molar-refractivity contribution in [3.8, 4) is 0 Å². The third kappa shape index (κ3) is 5.82. The number of allylic oxidation sites excluding steroid dienone is 8. The SMILES string of the molecule is CCCCC1=CC(C)=[C]([Zr]([CH3])([CH3])(=[SiH2])[C]2=C(C)C=C(CCCC)C2)C1.Cl.Cl. The zero-order chi connectivity index (χ0) is 18.0. The minimum absolute atomic E-state index is 0. The Morgan fingerprint density at radius 3 is 1.46 bits per heavy atom. The van der Waals surface area contributed by atoms with E-state index in [1.807, 2.05) is 6.56 Å². The summed E-state index contributed by atoms with van der Waals surface area (Å²) in [6, 6.07) is 0. The maximum absolute atomic E-state index is 2.97. The van der Waals surface area contributed by atoms with Crippen molar-refractivity contribution in [3.05, 3.63) is 41.0 Å². The molecule has 2 rings (SSSR count). The van der Waals surface area contributed by atoms with Crippen LogP contribution in [0.25, 0.3) is 0 Å². The maximum atomic E-state index is 2.70. The second-order valence-corrected chi connectivity index (χ2v) is 37.9. The van der Waals surface area contributed by atoms with Crippen molar-refractivity contribution >= 4 is 31.7 Å². The van der Waals surface area contributed by atoms with E-state index in [-0.39, 0.29) is 24.8 Å². The van der Waals surface area contributed by atoms with Crippen LogP contribution in [0.15, 0.2) is 41.0 Å². The third-order valence-electron chi connectivity index (χ3n) is 6.24. The van der Waals surface area contributed by atoms with Crippen molar-refractivity contribution in [1.82, 2.24) is 0 Å². The van der Waals surface area contributed by atoms with Gasteiger partial charge in [0.2, 0.25) is 0 Å². The van der Waals surface area contributed by atoms with E-state index >= 15 is 0 Å². The van der Waals surface area contributed by atoms with Crippen LogP contribution >= 0.6 is 24.8 Å². The molecule has 0 aliphatic heterocycles. The molecule has 0 saturated carbocycles. The molecule has 2 aliphatic rings. The topological polar surface area (TPSA) is 0 Å². The number of unbranched alkanes of at least 4 members (excludes halogenated alkanes) is 2. The number of hydrogen-bond donors (Lipinski definition) is 0. The maximum Gasteiger partial charge on any atom is -0.147 e. The zero-order valence-corrected chi connectivity index (χ0v) is 23.3. The summed E-state index contributed by atoms with van der Waals surface area (Å²) >= 11 is -2.97. The summed E-state index contributed by atoms with van der Waals surface area (Å²) in [5.74, 6) is 0. The average molecular weight is 495 g/mol. The van der Waals surface area contributed by atoms with Gasteiger partial charge in [0.15, 0.2) is 0 Å². The van der Waals surface area contributed by atoms with E-state index in [2.05, 4.69) is 56.0 Å². The number of rotatable bonds is 8. The monoisotopic (exact) mass is 492 g/mol. The van der Waals surface area contributed by atoms with Gasteiger partial charge in [-0.05, 0) is 0 Å². The standard InChI is InChI=1S/2C10H15.2CH3.2ClH.H2Si.Zr/c2*1-3-4-5-10-7-6-9(2)8-10;;;;;;/h2*8H,3-5,7H2,1-2H3;2*1H3;2*1H;1H2;. The summed E-state index contributed by atoms with van der Waals surface area (Å²) in [5.41, 5.74) is 6.65. The molecule has 0 N–H and O–H groups in total. The summed E-state index contributed by atoms with van der Waals surface area (Å²) in [5, 5.41) is 0. The predicted molar refractivity (Wildman–Crippen MR) is 125 cm³/mol. The van der Waals surface area contributed by atoms with Crippen LogP contribution in [0.2, 0.25) is 9.26 Å². The summed E-state index contributed by atoms with van der Waals surface area (Å²) in [4.78, 5) is 0. The summed E-state index contributed by atoms with van der Waals surface area (Å²) in [6.07, 6.45) is 15.6. The Balaban J connectivity index is 0.00000312. The Kier molecular flexibility index (Phi) is 10.7. The summed E-state index contributed by atoms with van der Waals surface area (Å²) in [6.45, 7) is 11.8. The minimum atomic E-state index is -2.97. The smallest absolute Gasteiger partial charge is 0.147 e. The molecule has 0 atom stereocenters. The molecule has 0 heterocycles. The van der Waals surface area contributed by atoms with Gasteiger partial charge in [0, 0.05) is 0 Å². The Morgan fingerprint density at radius 1 is 0.808 bits per heavy atom. The summed E-state index contributed by atoms with van der Waals surface area (Å²) < 4.78 is 9.15.